The Morgan fingerprint density at radius 3 is 2.75 bits per heavy atom. The Morgan fingerprint density at radius 2 is 2.00 bits per heavy atom. The predicted octanol–water partition coefficient (Wildman–Crippen LogP) is 2.13. The lowest BCUT2D eigenvalue weighted by atomic mass is 10.2. The topological polar surface area (TPSA) is 54.4 Å². The van der Waals surface area contributed by atoms with Crippen LogP contribution in [0.4, 0.5) is 0 Å². The van der Waals surface area contributed by atoms with Gasteiger partial charge in [0, 0.05) is 24.3 Å². The fraction of sp³-hybridized carbons (Fsp3) is 0.312. The summed E-state index contributed by atoms with van der Waals surface area (Å²) in [4.78, 5) is 4.24. The molecular formula is C16H20N2O2. The number of hydrogen-bond donors (Lipinski definition) is 2. The molecule has 0 saturated carbocycles. The zero-order valence-electron chi connectivity index (χ0n) is 11.6. The van der Waals surface area contributed by atoms with Gasteiger partial charge in [0.15, 0.2) is 0 Å². The van der Waals surface area contributed by atoms with Crippen LogP contribution in [0.5, 0.6) is 5.75 Å². The van der Waals surface area contributed by atoms with Crippen molar-refractivity contribution >= 4 is 0 Å². The Labute approximate surface area is 119 Å². The van der Waals surface area contributed by atoms with E-state index < -0.39 is 0 Å². The molecule has 0 amide bonds. The minimum atomic E-state index is 0.0684. The Bertz CT molecular complexity index is 517. The number of hydrogen-bond acceptors (Lipinski definition) is 4. The van der Waals surface area contributed by atoms with Crippen LogP contribution in [0.1, 0.15) is 18.2 Å². The fourth-order valence-corrected chi connectivity index (χ4v) is 1.77. The minimum Gasteiger partial charge on any atom is -0.487 e. The van der Waals surface area contributed by atoms with Gasteiger partial charge in [-0.1, -0.05) is 24.3 Å². The number of benzene rings is 1. The third-order valence-electron chi connectivity index (χ3n) is 2.99. The first-order chi connectivity index (χ1) is 9.79. The number of aliphatic hydroxyl groups is 1. The van der Waals surface area contributed by atoms with E-state index in [0.29, 0.717) is 13.2 Å². The molecule has 0 fully saturated rings. The van der Waals surface area contributed by atoms with Crippen molar-refractivity contribution in [2.24, 2.45) is 0 Å². The van der Waals surface area contributed by atoms with Gasteiger partial charge in [0.05, 0.1) is 12.3 Å². The molecule has 2 N–H and O–H groups in total. The lowest BCUT2D eigenvalue weighted by molar-refractivity contribution is 0.249. The van der Waals surface area contributed by atoms with Gasteiger partial charge in [-0.15, -0.1) is 0 Å². The van der Waals surface area contributed by atoms with Gasteiger partial charge < -0.3 is 15.2 Å². The van der Waals surface area contributed by atoms with Crippen LogP contribution in [0.3, 0.4) is 0 Å². The van der Waals surface area contributed by atoms with Gasteiger partial charge in [-0.25, -0.2) is 0 Å². The van der Waals surface area contributed by atoms with Crippen molar-refractivity contribution in [2.75, 3.05) is 6.61 Å². The van der Waals surface area contributed by atoms with E-state index in [-0.39, 0.29) is 12.6 Å². The highest BCUT2D eigenvalue weighted by Crippen LogP contribution is 2.19. The number of rotatable bonds is 7. The lowest BCUT2D eigenvalue weighted by Gasteiger charge is -2.14. The molecule has 1 atom stereocenters. The summed E-state index contributed by atoms with van der Waals surface area (Å²) < 4.78 is 5.82. The van der Waals surface area contributed by atoms with Crippen molar-refractivity contribution in [1.29, 1.82) is 0 Å². The van der Waals surface area contributed by atoms with Gasteiger partial charge in [-0.2, -0.15) is 0 Å². The highest BCUT2D eigenvalue weighted by Gasteiger charge is 2.05. The zero-order valence-corrected chi connectivity index (χ0v) is 11.6. The summed E-state index contributed by atoms with van der Waals surface area (Å²) in [5.74, 6) is 0.843. The Hall–Kier alpha value is -1.91. The maximum absolute atomic E-state index is 9.03. The number of para-hydroxylation sites is 1. The molecule has 1 aromatic carbocycles. The predicted molar refractivity (Wildman–Crippen MR) is 78.4 cm³/mol. The third kappa shape index (κ3) is 4.33. The second-order valence-electron chi connectivity index (χ2n) is 4.68. The van der Waals surface area contributed by atoms with Gasteiger partial charge in [0.2, 0.25) is 0 Å². The normalized spacial score (nSPS) is 12.1. The first-order valence-electron chi connectivity index (χ1n) is 6.74. The SMILES string of the molecule is CC(CO)NCc1ccccc1OCc1ccccn1. The number of ether oxygens (including phenoxy) is 1. The van der Waals surface area contributed by atoms with Crippen LogP contribution < -0.4 is 10.1 Å². The molecule has 2 rings (SSSR count). The average Bonchev–Trinajstić information content (AvgIpc) is 2.52. The largest absolute Gasteiger partial charge is 0.487 e. The van der Waals surface area contributed by atoms with Gasteiger partial charge in [0.25, 0.3) is 0 Å². The summed E-state index contributed by atoms with van der Waals surface area (Å²) in [6, 6.07) is 13.7. The molecule has 0 aliphatic carbocycles. The Morgan fingerprint density at radius 1 is 1.20 bits per heavy atom. The first kappa shape index (κ1) is 14.5. The van der Waals surface area contributed by atoms with Crippen LogP contribution in [0.15, 0.2) is 48.7 Å². The van der Waals surface area contributed by atoms with Crippen LogP contribution >= 0.6 is 0 Å². The van der Waals surface area contributed by atoms with Gasteiger partial charge in [0.1, 0.15) is 12.4 Å². The molecule has 1 heterocycles. The summed E-state index contributed by atoms with van der Waals surface area (Å²) >= 11 is 0. The molecule has 20 heavy (non-hydrogen) atoms. The van der Waals surface area contributed by atoms with E-state index in [2.05, 4.69) is 10.3 Å². The number of nitrogens with zero attached hydrogens (tertiary/aromatic N) is 1. The molecular weight excluding hydrogens is 252 g/mol. The number of nitrogens with one attached hydrogen (secondary N) is 1. The highest BCUT2D eigenvalue weighted by molar-refractivity contribution is 5.33. The van der Waals surface area contributed by atoms with E-state index in [4.69, 9.17) is 9.84 Å². The van der Waals surface area contributed by atoms with E-state index in [1.807, 2.05) is 49.4 Å². The van der Waals surface area contributed by atoms with Gasteiger partial charge in [-0.3, -0.25) is 4.98 Å². The molecule has 4 heteroatoms. The molecule has 0 spiro atoms. The molecule has 0 aliphatic heterocycles. The standard InChI is InChI=1S/C16H20N2O2/c1-13(11-19)18-10-14-6-2-3-8-16(14)20-12-15-7-4-5-9-17-15/h2-9,13,18-19H,10-12H2,1H3. The minimum absolute atomic E-state index is 0.0684. The second-order valence-corrected chi connectivity index (χ2v) is 4.68. The van der Waals surface area contributed by atoms with Crippen LogP contribution in [0.2, 0.25) is 0 Å². The quantitative estimate of drug-likeness (QED) is 0.810. The van der Waals surface area contributed by atoms with Crippen molar-refractivity contribution in [3.05, 3.63) is 59.9 Å². The van der Waals surface area contributed by atoms with Crippen LogP contribution in [0.25, 0.3) is 0 Å². The fourth-order valence-electron chi connectivity index (χ4n) is 1.77. The maximum Gasteiger partial charge on any atom is 0.130 e. The van der Waals surface area contributed by atoms with Crippen molar-refractivity contribution in [1.82, 2.24) is 10.3 Å². The summed E-state index contributed by atoms with van der Waals surface area (Å²) in [7, 11) is 0. The summed E-state index contributed by atoms with van der Waals surface area (Å²) in [5, 5.41) is 12.3. The van der Waals surface area contributed by atoms with Crippen LogP contribution in [-0.2, 0) is 13.2 Å². The molecule has 0 radical (unpaired) electrons. The highest BCUT2D eigenvalue weighted by atomic mass is 16.5. The Balaban J connectivity index is 1.97. The molecule has 4 nitrogen and oxygen atoms in total. The second kappa shape index (κ2) is 7.62. The first-order valence-corrected chi connectivity index (χ1v) is 6.74. The van der Waals surface area contributed by atoms with Gasteiger partial charge in [-0.05, 0) is 25.1 Å². The Kier molecular flexibility index (Phi) is 5.53. The van der Waals surface area contributed by atoms with Gasteiger partial charge >= 0.3 is 0 Å². The number of pyridine rings is 1. The molecule has 1 unspecified atom stereocenters. The summed E-state index contributed by atoms with van der Waals surface area (Å²) in [6.45, 7) is 3.18. The molecule has 0 bridgehead atoms. The molecule has 106 valence electrons. The molecule has 0 aliphatic rings. The van der Waals surface area contributed by atoms with Crippen LogP contribution in [-0.4, -0.2) is 22.7 Å². The van der Waals surface area contributed by atoms with Crippen molar-refractivity contribution in [3.8, 4) is 5.75 Å². The van der Waals surface area contributed by atoms with E-state index in [0.717, 1.165) is 17.0 Å². The molecule has 1 aromatic heterocycles. The van der Waals surface area contributed by atoms with Crippen molar-refractivity contribution < 1.29 is 9.84 Å². The van der Waals surface area contributed by atoms with Crippen molar-refractivity contribution in [3.63, 3.8) is 0 Å². The molecule has 2 aromatic rings. The van der Waals surface area contributed by atoms with E-state index in [1.54, 1.807) is 6.20 Å². The van der Waals surface area contributed by atoms with E-state index in [9.17, 15) is 0 Å². The maximum atomic E-state index is 9.03. The summed E-state index contributed by atoms with van der Waals surface area (Å²) in [6.07, 6.45) is 1.76. The third-order valence-corrected chi connectivity index (χ3v) is 2.99. The van der Waals surface area contributed by atoms with Crippen LogP contribution in [0, 0.1) is 0 Å². The number of aliphatic hydroxyl groups excluding tert-OH is 1. The monoisotopic (exact) mass is 272 g/mol. The molecule has 0 saturated heterocycles. The average molecular weight is 272 g/mol. The lowest BCUT2D eigenvalue weighted by Crippen LogP contribution is -2.28. The van der Waals surface area contributed by atoms with E-state index in [1.165, 1.54) is 0 Å². The smallest absolute Gasteiger partial charge is 0.130 e. The summed E-state index contributed by atoms with van der Waals surface area (Å²) in [5.41, 5.74) is 1.97. The zero-order chi connectivity index (χ0) is 14.2. The number of aromatic nitrogens is 1. The van der Waals surface area contributed by atoms with E-state index >= 15 is 0 Å². The van der Waals surface area contributed by atoms with Crippen molar-refractivity contribution in [2.45, 2.75) is 26.1 Å².